The monoisotopic (exact) mass is 389 g/mol. The Bertz CT molecular complexity index is 796. The van der Waals surface area contributed by atoms with Gasteiger partial charge < -0.3 is 10.6 Å². The molecule has 7 heteroatoms. The zero-order valence-electron chi connectivity index (χ0n) is 16.2. The number of carbonyl (C=O) groups is 1. The minimum Gasteiger partial charge on any atom is -0.368 e. The van der Waals surface area contributed by atoms with Crippen molar-refractivity contribution < 1.29 is 4.79 Å². The maximum absolute atomic E-state index is 12.5. The van der Waals surface area contributed by atoms with E-state index < -0.39 is 0 Å². The summed E-state index contributed by atoms with van der Waals surface area (Å²) in [5.41, 5.74) is 3.67. The summed E-state index contributed by atoms with van der Waals surface area (Å²) in [5, 5.41) is 14.6. The number of hydrogen-bond acceptors (Lipinski definition) is 4. The summed E-state index contributed by atoms with van der Waals surface area (Å²) < 4.78 is 0. The molecule has 0 radical (unpaired) electrons. The lowest BCUT2D eigenvalue weighted by Crippen LogP contribution is -2.38. The molecule has 0 aromatic carbocycles. The number of rotatable bonds is 6. The summed E-state index contributed by atoms with van der Waals surface area (Å²) in [5.74, 6) is 1.49. The molecular formula is C20H28ClN5O. The predicted octanol–water partition coefficient (Wildman–Crippen LogP) is 4.04. The topological polar surface area (TPSA) is 82.7 Å². The van der Waals surface area contributed by atoms with E-state index in [9.17, 15) is 4.79 Å². The number of aromatic amines is 1. The summed E-state index contributed by atoms with van der Waals surface area (Å²) in [6, 6.07) is 1.90. The number of halogens is 1. The number of nitrogens with zero attached hydrogens (tertiary/aromatic N) is 2. The van der Waals surface area contributed by atoms with Crippen molar-refractivity contribution in [3.05, 3.63) is 39.8 Å². The van der Waals surface area contributed by atoms with Gasteiger partial charge in [-0.2, -0.15) is 5.10 Å². The lowest BCUT2D eigenvalue weighted by Gasteiger charge is -2.29. The number of amides is 1. The molecule has 146 valence electrons. The van der Waals surface area contributed by atoms with Gasteiger partial charge in [0.25, 0.3) is 5.91 Å². The lowest BCUT2D eigenvalue weighted by molar-refractivity contribution is 0.0921. The first-order valence-electron chi connectivity index (χ1n) is 9.68. The van der Waals surface area contributed by atoms with Crippen LogP contribution in [0.3, 0.4) is 0 Å². The standard InChI is InChI=1S/C20H28ClN5O/c1-4-18-12(2)19(26-25-18)23-10-14-5-7-16(8-6-14)24-20(27)17-9-15(21)11-22-13(17)3/h9,11,14,16H,4-8,10H2,1-3H3,(H,24,27)(H2,23,25,26). The van der Waals surface area contributed by atoms with Gasteiger partial charge in [-0.1, -0.05) is 18.5 Å². The minimum absolute atomic E-state index is 0.0803. The molecule has 3 rings (SSSR count). The van der Waals surface area contributed by atoms with Crippen molar-refractivity contribution >= 4 is 23.3 Å². The molecule has 1 fully saturated rings. The molecular weight excluding hydrogens is 362 g/mol. The highest BCUT2D eigenvalue weighted by molar-refractivity contribution is 6.30. The molecule has 1 saturated carbocycles. The molecule has 0 bridgehead atoms. The van der Waals surface area contributed by atoms with E-state index in [-0.39, 0.29) is 11.9 Å². The number of pyridine rings is 1. The molecule has 27 heavy (non-hydrogen) atoms. The predicted molar refractivity (Wildman–Crippen MR) is 108 cm³/mol. The van der Waals surface area contributed by atoms with Gasteiger partial charge in [0.05, 0.1) is 16.3 Å². The van der Waals surface area contributed by atoms with Gasteiger partial charge in [-0.3, -0.25) is 14.9 Å². The Balaban J connectivity index is 1.46. The lowest BCUT2D eigenvalue weighted by atomic mass is 9.86. The molecule has 2 aromatic heterocycles. The SMILES string of the molecule is CCc1[nH]nc(NCC2CCC(NC(=O)c3cc(Cl)cnc3C)CC2)c1C. The first-order valence-corrected chi connectivity index (χ1v) is 10.1. The largest absolute Gasteiger partial charge is 0.368 e. The Labute approximate surface area is 165 Å². The summed E-state index contributed by atoms with van der Waals surface area (Å²) in [6.07, 6.45) is 6.70. The van der Waals surface area contributed by atoms with Gasteiger partial charge in [-0.25, -0.2) is 0 Å². The fraction of sp³-hybridized carbons (Fsp3) is 0.550. The van der Waals surface area contributed by atoms with Crippen LogP contribution >= 0.6 is 11.6 Å². The molecule has 0 unspecified atom stereocenters. The van der Waals surface area contributed by atoms with Gasteiger partial charge in [-0.05, 0) is 57.9 Å². The highest BCUT2D eigenvalue weighted by Crippen LogP contribution is 2.26. The Hall–Kier alpha value is -2.08. The van der Waals surface area contributed by atoms with Crippen LogP contribution in [0.25, 0.3) is 0 Å². The van der Waals surface area contributed by atoms with Crippen LogP contribution in [-0.4, -0.2) is 33.7 Å². The maximum atomic E-state index is 12.5. The van der Waals surface area contributed by atoms with Crippen LogP contribution < -0.4 is 10.6 Å². The van der Waals surface area contributed by atoms with Crippen LogP contribution in [-0.2, 0) is 6.42 Å². The van der Waals surface area contributed by atoms with Gasteiger partial charge in [0.15, 0.2) is 5.82 Å². The first kappa shape index (κ1) is 19.7. The summed E-state index contributed by atoms with van der Waals surface area (Å²) in [6.45, 7) is 6.98. The van der Waals surface area contributed by atoms with E-state index in [0.717, 1.165) is 44.5 Å². The van der Waals surface area contributed by atoms with E-state index in [1.165, 1.54) is 11.3 Å². The number of nitrogens with one attached hydrogen (secondary N) is 3. The van der Waals surface area contributed by atoms with Gasteiger partial charge >= 0.3 is 0 Å². The number of carbonyl (C=O) groups excluding carboxylic acids is 1. The zero-order valence-corrected chi connectivity index (χ0v) is 17.0. The third-order valence-electron chi connectivity index (χ3n) is 5.50. The molecule has 1 amide bonds. The Morgan fingerprint density at radius 1 is 1.30 bits per heavy atom. The second kappa shape index (κ2) is 8.74. The van der Waals surface area contributed by atoms with Crippen molar-refractivity contribution in [2.75, 3.05) is 11.9 Å². The number of hydrogen-bond donors (Lipinski definition) is 3. The molecule has 1 aliphatic carbocycles. The van der Waals surface area contributed by atoms with E-state index in [1.54, 1.807) is 12.3 Å². The Morgan fingerprint density at radius 2 is 2.04 bits per heavy atom. The average molecular weight is 390 g/mol. The van der Waals surface area contributed by atoms with Crippen LogP contribution in [0.4, 0.5) is 5.82 Å². The normalized spacial score (nSPS) is 19.7. The molecule has 1 aliphatic rings. The molecule has 3 N–H and O–H groups in total. The fourth-order valence-corrected chi connectivity index (χ4v) is 3.86. The summed E-state index contributed by atoms with van der Waals surface area (Å²) in [4.78, 5) is 16.7. The third kappa shape index (κ3) is 4.80. The first-order chi connectivity index (χ1) is 13.0. The molecule has 0 aliphatic heterocycles. The van der Waals surface area contributed by atoms with E-state index >= 15 is 0 Å². The van der Waals surface area contributed by atoms with Gasteiger partial charge in [0, 0.05) is 30.0 Å². The minimum atomic E-state index is -0.0803. The number of aryl methyl sites for hydroxylation is 2. The molecule has 2 heterocycles. The van der Waals surface area contributed by atoms with Crippen LogP contribution in [0.15, 0.2) is 12.3 Å². The average Bonchev–Trinajstić information content (AvgIpc) is 3.02. The fourth-order valence-electron chi connectivity index (χ4n) is 3.70. The van der Waals surface area contributed by atoms with Crippen molar-refractivity contribution in [3.63, 3.8) is 0 Å². The van der Waals surface area contributed by atoms with Crippen LogP contribution in [0.5, 0.6) is 0 Å². The van der Waals surface area contributed by atoms with Crippen LogP contribution in [0, 0.1) is 19.8 Å². The third-order valence-corrected chi connectivity index (χ3v) is 5.71. The second-order valence-electron chi connectivity index (χ2n) is 7.39. The molecule has 0 atom stereocenters. The van der Waals surface area contributed by atoms with Gasteiger partial charge in [-0.15, -0.1) is 0 Å². The Morgan fingerprint density at radius 3 is 2.70 bits per heavy atom. The second-order valence-corrected chi connectivity index (χ2v) is 7.82. The smallest absolute Gasteiger partial charge is 0.253 e. The highest BCUT2D eigenvalue weighted by atomic mass is 35.5. The van der Waals surface area contributed by atoms with Gasteiger partial charge in [0.2, 0.25) is 0 Å². The van der Waals surface area contributed by atoms with Crippen molar-refractivity contribution in [2.45, 2.75) is 58.9 Å². The van der Waals surface area contributed by atoms with Crippen molar-refractivity contribution in [3.8, 4) is 0 Å². The zero-order chi connectivity index (χ0) is 19.4. The molecule has 2 aromatic rings. The van der Waals surface area contributed by atoms with E-state index in [1.807, 2.05) is 6.92 Å². The molecule has 0 saturated heterocycles. The highest BCUT2D eigenvalue weighted by Gasteiger charge is 2.24. The van der Waals surface area contributed by atoms with E-state index in [4.69, 9.17) is 11.6 Å². The van der Waals surface area contributed by atoms with Crippen LogP contribution in [0.1, 0.15) is 59.9 Å². The quantitative estimate of drug-likeness (QED) is 0.696. The van der Waals surface area contributed by atoms with E-state index in [2.05, 4.69) is 39.7 Å². The van der Waals surface area contributed by atoms with Gasteiger partial charge in [0.1, 0.15) is 0 Å². The summed E-state index contributed by atoms with van der Waals surface area (Å²) in [7, 11) is 0. The molecule has 0 spiro atoms. The number of aromatic nitrogens is 3. The maximum Gasteiger partial charge on any atom is 0.253 e. The van der Waals surface area contributed by atoms with Crippen molar-refractivity contribution in [1.82, 2.24) is 20.5 Å². The van der Waals surface area contributed by atoms with Crippen LogP contribution in [0.2, 0.25) is 5.02 Å². The number of H-pyrrole nitrogens is 1. The van der Waals surface area contributed by atoms with E-state index in [0.29, 0.717) is 22.2 Å². The van der Waals surface area contributed by atoms with Crippen molar-refractivity contribution in [1.29, 1.82) is 0 Å². The Kier molecular flexibility index (Phi) is 6.37. The molecule has 6 nitrogen and oxygen atoms in total. The summed E-state index contributed by atoms with van der Waals surface area (Å²) >= 11 is 5.97. The van der Waals surface area contributed by atoms with Crippen molar-refractivity contribution in [2.24, 2.45) is 5.92 Å². The number of anilines is 1.